The van der Waals surface area contributed by atoms with Crippen molar-refractivity contribution in [3.63, 3.8) is 0 Å². The summed E-state index contributed by atoms with van der Waals surface area (Å²) in [5.74, 6) is -2.62. The Bertz CT molecular complexity index is 1320. The minimum Gasteiger partial charge on any atom is -0.461 e. The molecule has 6 atom stereocenters. The minimum absolute atomic E-state index is 0.159. The second-order valence-electron chi connectivity index (χ2n) is 9.56. The Labute approximate surface area is 223 Å². The van der Waals surface area contributed by atoms with Crippen molar-refractivity contribution in [2.24, 2.45) is 11.8 Å². The zero-order valence-electron chi connectivity index (χ0n) is 19.8. The van der Waals surface area contributed by atoms with Crippen molar-refractivity contribution >= 4 is 46.8 Å². The number of cyclic esters (lactones) is 1. The molecule has 2 amide bonds. The molecule has 2 fully saturated rings. The van der Waals surface area contributed by atoms with Crippen LogP contribution < -0.4 is 4.90 Å². The minimum atomic E-state index is -1.01. The summed E-state index contributed by atoms with van der Waals surface area (Å²) < 4.78 is 4.41. The zero-order valence-corrected chi connectivity index (χ0v) is 21.3. The molecule has 2 saturated heterocycles. The molecule has 9 heteroatoms. The number of esters is 1. The molecule has 1 unspecified atom stereocenters. The number of carbonyl (C=O) groups is 3. The van der Waals surface area contributed by atoms with Crippen molar-refractivity contribution in [3.05, 3.63) is 89.5 Å². The number of hydrogen-bond acceptors (Lipinski definition) is 6. The van der Waals surface area contributed by atoms with Gasteiger partial charge in [-0.25, -0.2) is 0 Å². The average molecular weight is 537 g/mol. The summed E-state index contributed by atoms with van der Waals surface area (Å²) in [4.78, 5) is 45.1. The third kappa shape index (κ3) is 3.65. The molecule has 1 spiro atoms. The van der Waals surface area contributed by atoms with Gasteiger partial charge < -0.3 is 19.6 Å². The molecule has 0 bridgehead atoms. The molecule has 0 saturated carbocycles. The molecule has 1 N–H and O–H groups in total. The Morgan fingerprint density at radius 3 is 2.57 bits per heavy atom. The number of para-hydroxylation sites is 1. The van der Waals surface area contributed by atoms with Crippen LogP contribution in [0.2, 0.25) is 5.02 Å². The van der Waals surface area contributed by atoms with Crippen LogP contribution in [0.25, 0.3) is 0 Å². The molecule has 2 aromatic carbocycles. The lowest BCUT2D eigenvalue weighted by Gasteiger charge is -2.38. The molecule has 190 valence electrons. The van der Waals surface area contributed by atoms with E-state index in [1.54, 1.807) is 29.2 Å². The number of hydrogen-bond donors (Lipinski definition) is 1. The third-order valence-electron chi connectivity index (χ3n) is 7.69. The van der Waals surface area contributed by atoms with Crippen molar-refractivity contribution < 1.29 is 24.2 Å². The van der Waals surface area contributed by atoms with Crippen LogP contribution in [0.3, 0.4) is 0 Å². The molecular weight excluding hydrogens is 512 g/mol. The number of amides is 2. The summed E-state index contributed by atoms with van der Waals surface area (Å²) in [5.41, 5.74) is 1.26. The van der Waals surface area contributed by atoms with Gasteiger partial charge in [-0.1, -0.05) is 78.4 Å². The molecule has 7 nitrogen and oxygen atoms in total. The monoisotopic (exact) mass is 536 g/mol. The summed E-state index contributed by atoms with van der Waals surface area (Å²) in [6.45, 7) is 0.0495. The maximum Gasteiger partial charge on any atom is 0.311 e. The summed E-state index contributed by atoms with van der Waals surface area (Å²) in [6, 6.07) is 14.5. The van der Waals surface area contributed by atoms with Gasteiger partial charge in [0.05, 0.1) is 39.9 Å². The van der Waals surface area contributed by atoms with E-state index in [0.717, 1.165) is 0 Å². The van der Waals surface area contributed by atoms with Crippen molar-refractivity contribution in [1.82, 2.24) is 4.90 Å². The fourth-order valence-electron chi connectivity index (χ4n) is 6.16. The molecular formula is C28H25ClN2O5S. The Kier molecular flexibility index (Phi) is 6.13. The van der Waals surface area contributed by atoms with Gasteiger partial charge in [-0.2, -0.15) is 0 Å². The number of benzene rings is 2. The standard InChI is InChI=1S/C28H25ClN2O5S/c29-18-10-4-5-11-19(18)30-14-7-13-28-23(22-21(37-28)12-6-15-36-27(22)35)25(33)31(24(28)26(30)34)20(16-32)17-8-2-1-3-9-17/h1-13,20-24,32H,14-16H2/t20-,21+,22-,23+,24?,28+/m1/s1. The number of likely N-dealkylation sites (tertiary alicyclic amines) is 1. The smallest absolute Gasteiger partial charge is 0.311 e. The van der Waals surface area contributed by atoms with E-state index in [0.29, 0.717) is 16.3 Å². The van der Waals surface area contributed by atoms with E-state index in [2.05, 4.69) is 0 Å². The van der Waals surface area contributed by atoms with E-state index in [-0.39, 0.29) is 36.8 Å². The molecule has 4 aliphatic heterocycles. The highest BCUT2D eigenvalue weighted by atomic mass is 35.5. The first-order valence-corrected chi connectivity index (χ1v) is 13.5. The molecule has 4 heterocycles. The maximum atomic E-state index is 14.5. The number of fused-ring (bicyclic) bond motifs is 2. The number of thioether (sulfide) groups is 1. The Hall–Kier alpha value is -3.07. The first-order valence-electron chi connectivity index (χ1n) is 12.2. The van der Waals surface area contributed by atoms with E-state index in [1.807, 2.05) is 54.6 Å². The maximum absolute atomic E-state index is 14.5. The lowest BCUT2D eigenvalue weighted by atomic mass is 9.78. The van der Waals surface area contributed by atoms with E-state index < -0.39 is 34.6 Å². The number of rotatable bonds is 4. The zero-order chi connectivity index (χ0) is 25.7. The fourth-order valence-corrected chi connectivity index (χ4v) is 8.39. The van der Waals surface area contributed by atoms with Gasteiger partial charge in [-0.05, 0) is 17.7 Å². The quantitative estimate of drug-likeness (QED) is 0.476. The number of anilines is 1. The topological polar surface area (TPSA) is 87.2 Å². The number of carbonyl (C=O) groups excluding carboxylic acids is 3. The van der Waals surface area contributed by atoms with Gasteiger partial charge in [-0.15, -0.1) is 11.8 Å². The number of halogens is 1. The van der Waals surface area contributed by atoms with Crippen molar-refractivity contribution in [2.45, 2.75) is 22.1 Å². The van der Waals surface area contributed by atoms with Gasteiger partial charge in [0.2, 0.25) is 5.91 Å². The summed E-state index contributed by atoms with van der Waals surface area (Å²) >= 11 is 7.97. The van der Waals surface area contributed by atoms with Gasteiger partial charge in [0.15, 0.2) is 0 Å². The lowest BCUT2D eigenvalue weighted by Crippen LogP contribution is -2.54. The molecule has 6 rings (SSSR count). The van der Waals surface area contributed by atoms with E-state index in [4.69, 9.17) is 16.3 Å². The highest BCUT2D eigenvalue weighted by Crippen LogP contribution is 2.62. The molecule has 2 aromatic rings. The molecule has 4 aliphatic rings. The van der Waals surface area contributed by atoms with Gasteiger partial charge in [0.25, 0.3) is 5.91 Å². The van der Waals surface area contributed by atoms with Crippen LogP contribution in [0.4, 0.5) is 5.69 Å². The van der Waals surface area contributed by atoms with Gasteiger partial charge in [-0.3, -0.25) is 14.4 Å². The van der Waals surface area contributed by atoms with Gasteiger partial charge in [0, 0.05) is 11.8 Å². The summed E-state index contributed by atoms with van der Waals surface area (Å²) in [7, 11) is 0. The first kappa shape index (κ1) is 24.3. The van der Waals surface area contributed by atoms with Crippen LogP contribution in [0.15, 0.2) is 78.9 Å². The van der Waals surface area contributed by atoms with E-state index in [1.165, 1.54) is 16.7 Å². The summed E-state index contributed by atoms with van der Waals surface area (Å²) in [6.07, 6.45) is 7.52. The largest absolute Gasteiger partial charge is 0.461 e. The van der Waals surface area contributed by atoms with Crippen LogP contribution in [0.1, 0.15) is 11.6 Å². The molecule has 0 radical (unpaired) electrons. The summed E-state index contributed by atoms with van der Waals surface area (Å²) in [5, 5.41) is 10.7. The number of nitrogens with zero attached hydrogens (tertiary/aromatic N) is 2. The van der Waals surface area contributed by atoms with Crippen LogP contribution in [-0.4, -0.2) is 63.6 Å². The predicted molar refractivity (Wildman–Crippen MR) is 141 cm³/mol. The van der Waals surface area contributed by atoms with Crippen molar-refractivity contribution in [3.8, 4) is 0 Å². The number of aliphatic hydroxyl groups excluding tert-OH is 1. The Morgan fingerprint density at radius 1 is 1.05 bits per heavy atom. The second kappa shape index (κ2) is 9.35. The van der Waals surface area contributed by atoms with Gasteiger partial charge in [0.1, 0.15) is 12.6 Å². The van der Waals surface area contributed by atoms with E-state index in [9.17, 15) is 19.5 Å². The number of aliphatic hydroxyl groups is 1. The van der Waals surface area contributed by atoms with E-state index >= 15 is 0 Å². The number of ether oxygens (including phenoxy) is 1. The Morgan fingerprint density at radius 2 is 1.81 bits per heavy atom. The average Bonchev–Trinajstić information content (AvgIpc) is 3.20. The van der Waals surface area contributed by atoms with Crippen molar-refractivity contribution in [1.29, 1.82) is 0 Å². The first-order chi connectivity index (χ1) is 18.0. The normalized spacial score (nSPS) is 31.4. The Balaban J connectivity index is 1.53. The van der Waals surface area contributed by atoms with Crippen LogP contribution in [-0.2, 0) is 19.1 Å². The molecule has 0 aliphatic carbocycles. The van der Waals surface area contributed by atoms with Crippen LogP contribution in [0.5, 0.6) is 0 Å². The SMILES string of the molecule is O=C1OCC=C[C@@H]2S[C@]34C=CCN(c5ccccc5Cl)C(=O)C3N([C@H](CO)c3ccccc3)C(=O)[C@@H]4[C@H]12. The van der Waals surface area contributed by atoms with Crippen LogP contribution >= 0.6 is 23.4 Å². The predicted octanol–water partition coefficient (Wildman–Crippen LogP) is 3.39. The highest BCUT2D eigenvalue weighted by Gasteiger charge is 2.72. The van der Waals surface area contributed by atoms with Crippen molar-refractivity contribution in [2.75, 3.05) is 24.7 Å². The third-order valence-corrected chi connectivity index (χ3v) is 9.75. The highest BCUT2D eigenvalue weighted by molar-refractivity contribution is 8.02. The molecule has 37 heavy (non-hydrogen) atoms. The lowest BCUT2D eigenvalue weighted by molar-refractivity contribution is -0.152. The second-order valence-corrected chi connectivity index (χ2v) is 11.5. The fraction of sp³-hybridized carbons (Fsp3) is 0.321. The van der Waals surface area contributed by atoms with Crippen LogP contribution in [0, 0.1) is 11.8 Å². The molecule has 0 aromatic heterocycles. The van der Waals surface area contributed by atoms with Gasteiger partial charge >= 0.3 is 5.97 Å².